The lowest BCUT2D eigenvalue weighted by Gasteiger charge is -2.14. The highest BCUT2D eigenvalue weighted by Gasteiger charge is 2.37. The van der Waals surface area contributed by atoms with E-state index in [1.54, 1.807) is 6.20 Å². The summed E-state index contributed by atoms with van der Waals surface area (Å²) in [5, 5.41) is 11.0. The lowest BCUT2D eigenvalue weighted by atomic mass is 10.0. The molecule has 0 aliphatic heterocycles. The van der Waals surface area contributed by atoms with Gasteiger partial charge in [0.15, 0.2) is 10.8 Å². The van der Waals surface area contributed by atoms with Gasteiger partial charge in [0.05, 0.1) is 29.3 Å². The van der Waals surface area contributed by atoms with Gasteiger partial charge in [0.1, 0.15) is 5.82 Å². The van der Waals surface area contributed by atoms with E-state index in [0.29, 0.717) is 34.1 Å². The molecule has 0 saturated carbocycles. The summed E-state index contributed by atoms with van der Waals surface area (Å²) in [6, 6.07) is 0.844. The standard InChI is InChI=1S/C22H24F6N6OS/c1-4-7-36-20-32-17(31-12(2)3)16-11-30-34(18(16)33-20)6-5-29-19(35)13-8-14(21(23,24)25)10-15(9-13)22(26,27)28/h8-12H,4-7H2,1-3H3,(H,29,35)(H,31,32,33). The molecule has 0 unspecified atom stereocenters. The van der Waals surface area contributed by atoms with Gasteiger partial charge in [-0.15, -0.1) is 0 Å². The molecule has 2 N–H and O–H groups in total. The van der Waals surface area contributed by atoms with Gasteiger partial charge in [-0.25, -0.2) is 14.6 Å². The largest absolute Gasteiger partial charge is 0.416 e. The molecule has 0 aliphatic carbocycles. The predicted molar refractivity (Wildman–Crippen MR) is 124 cm³/mol. The van der Waals surface area contributed by atoms with Crippen molar-refractivity contribution in [2.24, 2.45) is 0 Å². The lowest BCUT2D eigenvalue weighted by Crippen LogP contribution is -2.28. The number of thioether (sulfide) groups is 1. The van der Waals surface area contributed by atoms with Crippen LogP contribution in [0.1, 0.15) is 48.7 Å². The number of alkyl halides is 6. The summed E-state index contributed by atoms with van der Waals surface area (Å²) in [6.07, 6.45) is -7.62. The summed E-state index contributed by atoms with van der Waals surface area (Å²) in [7, 11) is 0. The first kappa shape index (κ1) is 27.6. The third-order valence-electron chi connectivity index (χ3n) is 4.80. The van der Waals surface area contributed by atoms with Crippen molar-refractivity contribution in [3.05, 3.63) is 41.1 Å². The third-order valence-corrected chi connectivity index (χ3v) is 5.85. The molecule has 0 bridgehead atoms. The van der Waals surface area contributed by atoms with E-state index in [9.17, 15) is 31.1 Å². The molecule has 1 amide bonds. The Morgan fingerprint density at radius 1 is 1.06 bits per heavy atom. The average Bonchev–Trinajstić information content (AvgIpc) is 3.19. The highest BCUT2D eigenvalue weighted by molar-refractivity contribution is 7.99. The number of hydrogen-bond acceptors (Lipinski definition) is 6. The van der Waals surface area contributed by atoms with Crippen molar-refractivity contribution in [1.82, 2.24) is 25.1 Å². The van der Waals surface area contributed by atoms with Crippen LogP contribution in [0.2, 0.25) is 0 Å². The number of amides is 1. The second-order valence-corrected chi connectivity index (χ2v) is 9.22. The Morgan fingerprint density at radius 2 is 1.69 bits per heavy atom. The molecular formula is C22H24F6N6OS. The zero-order valence-corrected chi connectivity index (χ0v) is 20.4. The van der Waals surface area contributed by atoms with Crippen LogP contribution in [0.4, 0.5) is 32.2 Å². The van der Waals surface area contributed by atoms with E-state index in [1.807, 2.05) is 20.8 Å². The van der Waals surface area contributed by atoms with Crippen LogP contribution in [0.3, 0.4) is 0 Å². The van der Waals surface area contributed by atoms with E-state index >= 15 is 0 Å². The molecule has 1 aromatic carbocycles. The van der Waals surface area contributed by atoms with Gasteiger partial charge in [-0.05, 0) is 38.5 Å². The Labute approximate surface area is 207 Å². The Kier molecular flexibility index (Phi) is 8.37. The smallest absolute Gasteiger partial charge is 0.367 e. The number of hydrogen-bond donors (Lipinski definition) is 2. The molecule has 0 fully saturated rings. The topological polar surface area (TPSA) is 84.7 Å². The summed E-state index contributed by atoms with van der Waals surface area (Å²) in [5.41, 5.74) is -3.37. The Morgan fingerprint density at radius 3 is 2.25 bits per heavy atom. The first-order valence-corrected chi connectivity index (χ1v) is 12.0. The minimum atomic E-state index is -5.04. The number of aromatic nitrogens is 4. The summed E-state index contributed by atoms with van der Waals surface area (Å²) in [4.78, 5) is 21.5. The fourth-order valence-corrected chi connectivity index (χ4v) is 3.90. The van der Waals surface area contributed by atoms with Gasteiger partial charge in [0, 0.05) is 23.9 Å². The quantitative estimate of drug-likeness (QED) is 0.211. The van der Waals surface area contributed by atoms with Gasteiger partial charge < -0.3 is 10.6 Å². The number of fused-ring (bicyclic) bond motifs is 1. The number of nitrogens with one attached hydrogen (secondary N) is 2. The van der Waals surface area contributed by atoms with Crippen LogP contribution in [0.25, 0.3) is 11.0 Å². The molecule has 3 rings (SSSR count). The van der Waals surface area contributed by atoms with Crippen molar-refractivity contribution in [1.29, 1.82) is 0 Å². The first-order valence-electron chi connectivity index (χ1n) is 11.0. The molecule has 36 heavy (non-hydrogen) atoms. The first-order chi connectivity index (χ1) is 16.8. The summed E-state index contributed by atoms with van der Waals surface area (Å²) < 4.78 is 80.0. The maximum Gasteiger partial charge on any atom is 0.416 e. The van der Waals surface area contributed by atoms with Crippen molar-refractivity contribution in [2.75, 3.05) is 17.6 Å². The monoisotopic (exact) mass is 534 g/mol. The van der Waals surface area contributed by atoms with Gasteiger partial charge in [0.25, 0.3) is 5.91 Å². The minimum absolute atomic E-state index is 0.0245. The molecule has 2 aromatic heterocycles. The zero-order valence-electron chi connectivity index (χ0n) is 19.6. The predicted octanol–water partition coefficient (Wildman–Crippen LogP) is 5.62. The second kappa shape index (κ2) is 10.9. The number of nitrogens with zero attached hydrogens (tertiary/aromatic N) is 4. The molecule has 196 valence electrons. The van der Waals surface area contributed by atoms with E-state index in [1.165, 1.54) is 16.4 Å². The molecule has 0 aliphatic rings. The van der Waals surface area contributed by atoms with Crippen LogP contribution in [0, 0.1) is 0 Å². The van der Waals surface area contributed by atoms with Crippen LogP contribution in [0.5, 0.6) is 0 Å². The van der Waals surface area contributed by atoms with E-state index < -0.39 is 35.0 Å². The van der Waals surface area contributed by atoms with Gasteiger partial charge in [-0.1, -0.05) is 18.7 Å². The Hall–Kier alpha value is -3.03. The summed E-state index contributed by atoms with van der Waals surface area (Å²) >= 11 is 1.46. The third kappa shape index (κ3) is 6.80. The fourth-order valence-electron chi connectivity index (χ4n) is 3.20. The average molecular weight is 535 g/mol. The molecule has 0 radical (unpaired) electrons. The molecule has 14 heteroatoms. The van der Waals surface area contributed by atoms with E-state index in [-0.39, 0.29) is 25.2 Å². The van der Waals surface area contributed by atoms with Gasteiger partial charge in [-0.2, -0.15) is 31.4 Å². The lowest BCUT2D eigenvalue weighted by molar-refractivity contribution is -0.143. The number of halogens is 6. The van der Waals surface area contributed by atoms with Gasteiger partial charge >= 0.3 is 12.4 Å². The van der Waals surface area contributed by atoms with Crippen LogP contribution in [-0.2, 0) is 18.9 Å². The maximum atomic E-state index is 13.1. The highest BCUT2D eigenvalue weighted by atomic mass is 32.2. The SMILES string of the molecule is CCCSc1nc(NC(C)C)c2cnn(CCNC(=O)c3cc(C(F)(F)F)cc(C(F)(F)F)c3)c2n1. The van der Waals surface area contributed by atoms with Crippen molar-refractivity contribution < 1.29 is 31.1 Å². The van der Waals surface area contributed by atoms with E-state index in [4.69, 9.17) is 0 Å². The second-order valence-electron chi connectivity index (χ2n) is 8.16. The number of carbonyl (C=O) groups excluding carboxylic acids is 1. The van der Waals surface area contributed by atoms with Crippen molar-refractivity contribution in [2.45, 2.75) is 57.3 Å². The van der Waals surface area contributed by atoms with Crippen LogP contribution in [-0.4, -0.2) is 44.0 Å². The Balaban J connectivity index is 1.81. The Bertz CT molecular complexity index is 1190. The van der Waals surface area contributed by atoms with Gasteiger partial charge in [0.2, 0.25) is 0 Å². The van der Waals surface area contributed by atoms with Gasteiger partial charge in [-0.3, -0.25) is 4.79 Å². The molecule has 0 atom stereocenters. The minimum Gasteiger partial charge on any atom is -0.367 e. The van der Waals surface area contributed by atoms with Crippen LogP contribution >= 0.6 is 11.8 Å². The summed E-state index contributed by atoms with van der Waals surface area (Å²) in [6.45, 7) is 5.89. The van der Waals surface area contributed by atoms with Crippen LogP contribution in [0.15, 0.2) is 29.6 Å². The molecule has 7 nitrogen and oxygen atoms in total. The fraction of sp³-hybridized carbons (Fsp3) is 0.455. The van der Waals surface area contributed by atoms with Crippen molar-refractivity contribution in [3.8, 4) is 0 Å². The molecular weight excluding hydrogens is 510 g/mol. The summed E-state index contributed by atoms with van der Waals surface area (Å²) in [5.74, 6) is 0.319. The van der Waals surface area contributed by atoms with E-state index in [2.05, 4.69) is 25.7 Å². The number of rotatable bonds is 9. The van der Waals surface area contributed by atoms with Crippen LogP contribution < -0.4 is 10.6 Å². The molecule has 2 heterocycles. The zero-order chi connectivity index (χ0) is 26.7. The maximum absolute atomic E-state index is 13.1. The normalized spacial score (nSPS) is 12.4. The number of benzene rings is 1. The number of anilines is 1. The number of carbonyl (C=O) groups is 1. The molecule has 0 spiro atoms. The molecule has 0 saturated heterocycles. The van der Waals surface area contributed by atoms with Crippen molar-refractivity contribution in [3.63, 3.8) is 0 Å². The van der Waals surface area contributed by atoms with E-state index in [0.717, 1.165) is 12.2 Å². The molecule has 3 aromatic rings. The van der Waals surface area contributed by atoms with Crippen molar-refractivity contribution >= 4 is 34.5 Å². The highest BCUT2D eigenvalue weighted by Crippen LogP contribution is 2.36.